The van der Waals surface area contributed by atoms with Crippen LogP contribution in [0.15, 0.2) is 30.3 Å². The fraction of sp³-hybridized carbons (Fsp3) is 0.412. The van der Waals surface area contributed by atoms with E-state index in [1.54, 1.807) is 14.0 Å². The zero-order valence-electron chi connectivity index (χ0n) is 14.4. The van der Waals surface area contributed by atoms with Crippen molar-refractivity contribution in [1.29, 1.82) is 0 Å². The number of benzene rings is 1. The quantitative estimate of drug-likeness (QED) is 0.815. The number of hydrazine groups is 1. The van der Waals surface area contributed by atoms with Crippen LogP contribution in [0.1, 0.15) is 29.0 Å². The molecular formula is C17H21N5O3. The van der Waals surface area contributed by atoms with Crippen molar-refractivity contribution in [3.63, 3.8) is 0 Å². The number of carbonyl (C=O) groups excluding carboxylic acids is 2. The number of rotatable bonds is 5. The summed E-state index contributed by atoms with van der Waals surface area (Å²) in [4.78, 5) is 26.6. The largest absolute Gasteiger partial charge is 0.384 e. The number of amides is 2. The van der Waals surface area contributed by atoms with Gasteiger partial charge < -0.3 is 4.74 Å². The lowest BCUT2D eigenvalue weighted by Crippen LogP contribution is -2.45. The van der Waals surface area contributed by atoms with Gasteiger partial charge in [0.15, 0.2) is 5.69 Å². The highest BCUT2D eigenvalue weighted by Crippen LogP contribution is 2.17. The van der Waals surface area contributed by atoms with E-state index in [4.69, 9.17) is 4.74 Å². The normalized spacial score (nSPS) is 14.2. The molecule has 1 saturated heterocycles. The first-order chi connectivity index (χ1) is 12.1. The van der Waals surface area contributed by atoms with Gasteiger partial charge in [-0.15, -0.1) is 5.10 Å². The predicted octanol–water partition coefficient (Wildman–Crippen LogP) is 1.20. The fourth-order valence-corrected chi connectivity index (χ4v) is 2.78. The first-order valence-corrected chi connectivity index (χ1v) is 8.22. The summed E-state index contributed by atoms with van der Waals surface area (Å²) < 4.78 is 4.95. The second-order valence-electron chi connectivity index (χ2n) is 5.80. The Hall–Kier alpha value is -2.74. The molecule has 1 fully saturated rings. The van der Waals surface area contributed by atoms with Gasteiger partial charge in [-0.2, -0.15) is 9.90 Å². The third kappa shape index (κ3) is 3.53. The summed E-state index contributed by atoms with van der Waals surface area (Å²) in [5, 5.41) is 11.6. The summed E-state index contributed by atoms with van der Waals surface area (Å²) in [7, 11) is 1.55. The molecule has 0 atom stereocenters. The molecule has 0 spiro atoms. The van der Waals surface area contributed by atoms with Crippen molar-refractivity contribution in [2.75, 3.05) is 26.8 Å². The summed E-state index contributed by atoms with van der Waals surface area (Å²) in [6, 6.07) is 9.40. The van der Waals surface area contributed by atoms with Crippen LogP contribution in [0.5, 0.6) is 0 Å². The Balaban J connectivity index is 1.81. The number of carbonyl (C=O) groups is 2. The molecule has 25 heavy (non-hydrogen) atoms. The minimum atomic E-state index is -0.303. The highest BCUT2D eigenvalue weighted by molar-refractivity contribution is 5.94. The van der Waals surface area contributed by atoms with Crippen LogP contribution in [0.25, 0.3) is 5.69 Å². The Morgan fingerprint density at radius 2 is 1.84 bits per heavy atom. The summed E-state index contributed by atoms with van der Waals surface area (Å²) in [5.74, 6) is -0.427. The van der Waals surface area contributed by atoms with Crippen LogP contribution < -0.4 is 0 Å². The summed E-state index contributed by atoms with van der Waals surface area (Å²) in [6.07, 6.45) is 0.992. The van der Waals surface area contributed by atoms with Gasteiger partial charge in [0.2, 0.25) is 5.91 Å². The van der Waals surface area contributed by atoms with Crippen LogP contribution in [0, 0.1) is 6.92 Å². The maximum atomic E-state index is 12.9. The third-order valence-electron chi connectivity index (χ3n) is 4.05. The van der Waals surface area contributed by atoms with Gasteiger partial charge in [0.1, 0.15) is 0 Å². The molecule has 0 aliphatic carbocycles. The van der Waals surface area contributed by atoms with Crippen LogP contribution in [0.4, 0.5) is 0 Å². The Morgan fingerprint density at radius 1 is 1.12 bits per heavy atom. The van der Waals surface area contributed by atoms with Crippen molar-refractivity contribution < 1.29 is 14.3 Å². The lowest BCUT2D eigenvalue weighted by molar-refractivity contribution is -0.141. The molecule has 8 heteroatoms. The van der Waals surface area contributed by atoms with Crippen molar-refractivity contribution in [3.05, 3.63) is 41.7 Å². The van der Waals surface area contributed by atoms with Crippen LogP contribution in [-0.4, -0.2) is 63.6 Å². The van der Waals surface area contributed by atoms with E-state index in [9.17, 15) is 9.59 Å². The molecule has 2 heterocycles. The Morgan fingerprint density at radius 3 is 2.56 bits per heavy atom. The van der Waals surface area contributed by atoms with Crippen molar-refractivity contribution in [1.82, 2.24) is 25.0 Å². The maximum absolute atomic E-state index is 12.9. The van der Waals surface area contributed by atoms with Crippen molar-refractivity contribution >= 4 is 11.8 Å². The van der Waals surface area contributed by atoms with Gasteiger partial charge in [-0.3, -0.25) is 14.6 Å². The third-order valence-corrected chi connectivity index (χ3v) is 4.05. The van der Waals surface area contributed by atoms with E-state index in [2.05, 4.69) is 10.2 Å². The van der Waals surface area contributed by atoms with Gasteiger partial charge in [0, 0.05) is 20.2 Å². The zero-order chi connectivity index (χ0) is 17.8. The van der Waals surface area contributed by atoms with Crippen LogP contribution in [0.2, 0.25) is 0 Å². The van der Waals surface area contributed by atoms with E-state index in [0.717, 1.165) is 12.1 Å². The smallest absolute Gasteiger partial charge is 0.294 e. The van der Waals surface area contributed by atoms with Crippen molar-refractivity contribution in [2.45, 2.75) is 19.8 Å². The summed E-state index contributed by atoms with van der Waals surface area (Å²) in [5.41, 5.74) is 1.57. The average Bonchev–Trinajstić information content (AvgIpc) is 3.27. The standard InChI is InChI=1S/C17H21N5O3/c1-13-16(19-22(18-13)14-7-4-3-5-8-14)17(24)21-11-6-10-20(21)15(23)9-12-25-2/h3-5,7-8H,6,9-12H2,1-2H3. The topological polar surface area (TPSA) is 80.6 Å². The Labute approximate surface area is 145 Å². The Kier molecular flexibility index (Phi) is 5.08. The number of aryl methyl sites for hydroxylation is 1. The molecule has 0 N–H and O–H groups in total. The van der Waals surface area contributed by atoms with Gasteiger partial charge in [-0.1, -0.05) is 18.2 Å². The van der Waals surface area contributed by atoms with Gasteiger partial charge in [0.25, 0.3) is 5.91 Å². The molecule has 1 aliphatic heterocycles. The van der Waals surface area contributed by atoms with E-state index in [1.165, 1.54) is 14.8 Å². The monoisotopic (exact) mass is 343 g/mol. The summed E-state index contributed by atoms with van der Waals surface area (Å²) in [6.45, 7) is 3.10. The lowest BCUT2D eigenvalue weighted by atomic mass is 10.3. The molecule has 0 radical (unpaired) electrons. The van der Waals surface area contributed by atoms with Gasteiger partial charge in [0.05, 0.1) is 24.4 Å². The fourth-order valence-electron chi connectivity index (χ4n) is 2.78. The second kappa shape index (κ2) is 7.43. The molecule has 1 aromatic carbocycles. The van der Waals surface area contributed by atoms with Crippen molar-refractivity contribution in [3.8, 4) is 5.69 Å². The van der Waals surface area contributed by atoms with E-state index < -0.39 is 0 Å². The molecule has 0 saturated carbocycles. The number of ether oxygens (including phenoxy) is 1. The highest BCUT2D eigenvalue weighted by atomic mass is 16.5. The summed E-state index contributed by atoms with van der Waals surface area (Å²) >= 11 is 0. The molecular weight excluding hydrogens is 322 g/mol. The van der Waals surface area contributed by atoms with Crippen LogP contribution in [0.3, 0.4) is 0 Å². The minimum absolute atomic E-state index is 0.124. The lowest BCUT2D eigenvalue weighted by Gasteiger charge is -2.27. The number of hydrogen-bond acceptors (Lipinski definition) is 5. The Bertz CT molecular complexity index is 759. The maximum Gasteiger partial charge on any atom is 0.294 e. The first-order valence-electron chi connectivity index (χ1n) is 8.22. The van der Waals surface area contributed by atoms with E-state index in [1.807, 2.05) is 30.3 Å². The van der Waals surface area contributed by atoms with Crippen molar-refractivity contribution in [2.24, 2.45) is 0 Å². The number of para-hydroxylation sites is 1. The zero-order valence-corrected chi connectivity index (χ0v) is 14.4. The number of methoxy groups -OCH3 is 1. The van der Waals surface area contributed by atoms with Crippen LogP contribution in [-0.2, 0) is 9.53 Å². The average molecular weight is 343 g/mol. The van der Waals surface area contributed by atoms with Crippen LogP contribution >= 0.6 is 0 Å². The molecule has 2 amide bonds. The van der Waals surface area contributed by atoms with Gasteiger partial charge in [-0.25, -0.2) is 5.01 Å². The molecule has 1 aromatic heterocycles. The van der Waals surface area contributed by atoms with E-state index in [-0.39, 0.29) is 23.9 Å². The SMILES string of the molecule is COCCC(=O)N1CCCN1C(=O)c1nn(-c2ccccc2)nc1C. The molecule has 8 nitrogen and oxygen atoms in total. The van der Waals surface area contributed by atoms with Gasteiger partial charge >= 0.3 is 0 Å². The first kappa shape index (κ1) is 17.1. The van der Waals surface area contributed by atoms with Gasteiger partial charge in [-0.05, 0) is 25.5 Å². The molecule has 0 bridgehead atoms. The molecule has 3 rings (SSSR count). The number of hydrogen-bond donors (Lipinski definition) is 0. The molecule has 1 aliphatic rings. The second-order valence-corrected chi connectivity index (χ2v) is 5.80. The molecule has 0 unspecified atom stereocenters. The molecule has 2 aromatic rings. The van der Waals surface area contributed by atoms with E-state index in [0.29, 0.717) is 25.4 Å². The minimum Gasteiger partial charge on any atom is -0.384 e. The number of aromatic nitrogens is 3. The van der Waals surface area contributed by atoms with E-state index >= 15 is 0 Å². The molecule has 132 valence electrons. The number of nitrogens with zero attached hydrogens (tertiary/aromatic N) is 5. The predicted molar refractivity (Wildman–Crippen MR) is 90.0 cm³/mol. The highest BCUT2D eigenvalue weighted by Gasteiger charge is 2.33.